The van der Waals surface area contributed by atoms with Crippen LogP contribution in [-0.2, 0) is 0 Å². The molecule has 0 aromatic heterocycles. The third-order valence-electron chi connectivity index (χ3n) is 2.82. The molecule has 2 nitrogen and oxygen atoms in total. The molecule has 2 rings (SSSR count). The molecule has 88 valence electrons. The molecule has 3 heteroatoms. The van der Waals surface area contributed by atoms with E-state index in [0.717, 1.165) is 5.56 Å². The van der Waals surface area contributed by atoms with Gasteiger partial charge in [-0.3, -0.25) is 0 Å². The predicted octanol–water partition coefficient (Wildman–Crippen LogP) is 3.04. The Bertz CT molecular complexity index is 363. The fraction of sp³-hybridized carbons (Fsp3) is 0.538. The number of hydrogen-bond donors (Lipinski definition) is 1. The van der Waals surface area contributed by atoms with Gasteiger partial charge in [-0.2, -0.15) is 0 Å². The Morgan fingerprint density at radius 2 is 2.25 bits per heavy atom. The Morgan fingerprint density at radius 1 is 1.50 bits per heavy atom. The van der Waals surface area contributed by atoms with E-state index < -0.39 is 0 Å². The fourth-order valence-electron chi connectivity index (χ4n) is 1.76. The van der Waals surface area contributed by atoms with E-state index in [1.165, 1.54) is 12.8 Å². The van der Waals surface area contributed by atoms with Gasteiger partial charge >= 0.3 is 0 Å². The summed E-state index contributed by atoms with van der Waals surface area (Å²) in [6, 6.07) is 6.03. The molecular formula is C13H18FNO. The van der Waals surface area contributed by atoms with Gasteiger partial charge in [-0.05, 0) is 44.4 Å². The van der Waals surface area contributed by atoms with Crippen molar-refractivity contribution in [2.75, 3.05) is 6.61 Å². The maximum atomic E-state index is 13.6. The van der Waals surface area contributed by atoms with Gasteiger partial charge in [0.05, 0.1) is 6.61 Å². The molecule has 1 atom stereocenters. The van der Waals surface area contributed by atoms with Gasteiger partial charge < -0.3 is 10.1 Å². The third-order valence-corrected chi connectivity index (χ3v) is 2.82. The Kier molecular flexibility index (Phi) is 3.44. The molecule has 1 aliphatic rings. The number of benzene rings is 1. The average molecular weight is 223 g/mol. The van der Waals surface area contributed by atoms with Crippen LogP contribution in [0.15, 0.2) is 18.2 Å². The van der Waals surface area contributed by atoms with Gasteiger partial charge in [-0.1, -0.05) is 6.07 Å². The van der Waals surface area contributed by atoms with Gasteiger partial charge in [-0.15, -0.1) is 0 Å². The van der Waals surface area contributed by atoms with E-state index in [-0.39, 0.29) is 11.9 Å². The van der Waals surface area contributed by atoms with E-state index in [1.54, 1.807) is 12.1 Å². The number of halogens is 1. The summed E-state index contributed by atoms with van der Waals surface area (Å²) < 4.78 is 18.8. The van der Waals surface area contributed by atoms with Crippen LogP contribution in [0.25, 0.3) is 0 Å². The topological polar surface area (TPSA) is 21.3 Å². The summed E-state index contributed by atoms with van der Waals surface area (Å²) in [6.45, 7) is 4.41. The monoisotopic (exact) mass is 223 g/mol. The van der Waals surface area contributed by atoms with Gasteiger partial charge in [0.1, 0.15) is 0 Å². The lowest BCUT2D eigenvalue weighted by Gasteiger charge is -2.14. The van der Waals surface area contributed by atoms with Crippen LogP contribution in [-0.4, -0.2) is 12.6 Å². The van der Waals surface area contributed by atoms with E-state index in [1.807, 2.05) is 13.0 Å². The molecule has 16 heavy (non-hydrogen) atoms. The lowest BCUT2D eigenvalue weighted by atomic mass is 10.1. The summed E-state index contributed by atoms with van der Waals surface area (Å²) in [5, 5.41) is 3.44. The Labute approximate surface area is 95.8 Å². The standard InChI is InChI=1S/C13H18FNO/c1-3-16-13-7-4-10(8-12(13)14)9(2)15-11-5-6-11/h4,7-9,11,15H,3,5-6H2,1-2H3/t9-/m0/s1. The molecule has 1 fully saturated rings. The SMILES string of the molecule is CCOc1ccc([C@H](C)NC2CC2)cc1F. The number of rotatable bonds is 5. The van der Waals surface area contributed by atoms with E-state index in [2.05, 4.69) is 12.2 Å². The van der Waals surface area contributed by atoms with Crippen molar-refractivity contribution in [3.8, 4) is 5.75 Å². The number of nitrogens with one attached hydrogen (secondary N) is 1. The van der Waals surface area contributed by atoms with Crippen molar-refractivity contribution in [2.24, 2.45) is 0 Å². The minimum Gasteiger partial charge on any atom is -0.491 e. The van der Waals surface area contributed by atoms with Crippen LogP contribution < -0.4 is 10.1 Å². The molecule has 1 N–H and O–H groups in total. The first-order valence-electron chi connectivity index (χ1n) is 5.89. The molecule has 0 spiro atoms. The molecular weight excluding hydrogens is 205 g/mol. The second-order valence-electron chi connectivity index (χ2n) is 4.29. The molecule has 1 saturated carbocycles. The van der Waals surface area contributed by atoms with Crippen LogP contribution in [0.2, 0.25) is 0 Å². The van der Waals surface area contributed by atoms with Gasteiger partial charge in [0.15, 0.2) is 11.6 Å². The Morgan fingerprint density at radius 3 is 2.81 bits per heavy atom. The minimum absolute atomic E-state index is 0.206. The second-order valence-corrected chi connectivity index (χ2v) is 4.29. The third kappa shape index (κ3) is 2.73. The van der Waals surface area contributed by atoms with Crippen molar-refractivity contribution in [1.82, 2.24) is 5.32 Å². The average Bonchev–Trinajstić information content (AvgIpc) is 3.05. The van der Waals surface area contributed by atoms with Gasteiger partial charge in [-0.25, -0.2) is 4.39 Å². The molecule has 1 aliphatic carbocycles. The minimum atomic E-state index is -0.274. The predicted molar refractivity (Wildman–Crippen MR) is 62.1 cm³/mol. The zero-order valence-electron chi connectivity index (χ0n) is 9.79. The molecule has 0 bridgehead atoms. The lowest BCUT2D eigenvalue weighted by molar-refractivity contribution is 0.321. The van der Waals surface area contributed by atoms with Crippen molar-refractivity contribution in [3.63, 3.8) is 0 Å². The highest BCUT2D eigenvalue weighted by molar-refractivity contribution is 5.31. The van der Waals surface area contributed by atoms with Crippen LogP contribution >= 0.6 is 0 Å². The van der Waals surface area contributed by atoms with Crippen molar-refractivity contribution in [3.05, 3.63) is 29.6 Å². The van der Waals surface area contributed by atoms with E-state index in [4.69, 9.17) is 4.74 Å². The van der Waals surface area contributed by atoms with Crippen molar-refractivity contribution < 1.29 is 9.13 Å². The van der Waals surface area contributed by atoms with E-state index in [9.17, 15) is 4.39 Å². The summed E-state index contributed by atoms with van der Waals surface area (Å²) in [5.41, 5.74) is 0.979. The van der Waals surface area contributed by atoms with Crippen LogP contribution in [0.5, 0.6) is 5.75 Å². The van der Waals surface area contributed by atoms with Gasteiger partial charge in [0.2, 0.25) is 0 Å². The van der Waals surface area contributed by atoms with Crippen molar-refractivity contribution in [1.29, 1.82) is 0 Å². The van der Waals surface area contributed by atoms with E-state index >= 15 is 0 Å². The maximum absolute atomic E-state index is 13.6. The second kappa shape index (κ2) is 4.83. The first-order valence-corrected chi connectivity index (χ1v) is 5.89. The Hall–Kier alpha value is -1.09. The Balaban J connectivity index is 2.06. The maximum Gasteiger partial charge on any atom is 0.165 e. The molecule has 1 aromatic rings. The zero-order valence-corrected chi connectivity index (χ0v) is 9.79. The van der Waals surface area contributed by atoms with Gasteiger partial charge in [0.25, 0.3) is 0 Å². The van der Waals surface area contributed by atoms with Crippen LogP contribution in [0.4, 0.5) is 4.39 Å². The fourth-order valence-corrected chi connectivity index (χ4v) is 1.76. The quantitative estimate of drug-likeness (QED) is 0.828. The first-order chi connectivity index (χ1) is 7.70. The highest BCUT2D eigenvalue weighted by Gasteiger charge is 2.23. The normalized spacial score (nSPS) is 17.2. The molecule has 0 aliphatic heterocycles. The highest BCUT2D eigenvalue weighted by Crippen LogP contribution is 2.26. The molecule has 0 heterocycles. The lowest BCUT2D eigenvalue weighted by Crippen LogP contribution is -2.20. The first kappa shape index (κ1) is 11.4. The van der Waals surface area contributed by atoms with Gasteiger partial charge in [0, 0.05) is 12.1 Å². The number of ether oxygens (including phenoxy) is 1. The zero-order chi connectivity index (χ0) is 11.5. The molecule has 0 amide bonds. The summed E-state index contributed by atoms with van der Waals surface area (Å²) in [6.07, 6.45) is 2.48. The van der Waals surface area contributed by atoms with Crippen molar-refractivity contribution in [2.45, 2.75) is 38.8 Å². The molecule has 0 radical (unpaired) electrons. The number of hydrogen-bond acceptors (Lipinski definition) is 2. The molecule has 0 saturated heterocycles. The summed E-state index contributed by atoms with van der Waals surface area (Å²) in [4.78, 5) is 0. The largest absolute Gasteiger partial charge is 0.491 e. The smallest absolute Gasteiger partial charge is 0.165 e. The summed E-state index contributed by atoms with van der Waals surface area (Å²) in [7, 11) is 0. The summed E-state index contributed by atoms with van der Waals surface area (Å²) in [5.74, 6) is 0.0636. The molecule has 1 aromatic carbocycles. The van der Waals surface area contributed by atoms with Crippen LogP contribution in [0.1, 0.15) is 38.3 Å². The van der Waals surface area contributed by atoms with Crippen LogP contribution in [0.3, 0.4) is 0 Å². The highest BCUT2D eigenvalue weighted by atomic mass is 19.1. The van der Waals surface area contributed by atoms with Crippen molar-refractivity contribution >= 4 is 0 Å². The van der Waals surface area contributed by atoms with E-state index in [0.29, 0.717) is 18.4 Å². The van der Waals surface area contributed by atoms with Crippen LogP contribution in [0, 0.1) is 5.82 Å². The molecule has 0 unspecified atom stereocenters. The summed E-state index contributed by atoms with van der Waals surface area (Å²) >= 11 is 0.